The van der Waals surface area contributed by atoms with Crippen LogP contribution in [0.25, 0.3) is 0 Å². The van der Waals surface area contributed by atoms with Crippen molar-refractivity contribution in [2.24, 2.45) is 5.92 Å². The average Bonchev–Trinajstić information content (AvgIpc) is 2.28. The number of alkyl halides is 3. The van der Waals surface area contributed by atoms with E-state index in [9.17, 15) is 13.2 Å². The molecular weight excluding hydrogens is 293 g/mol. The van der Waals surface area contributed by atoms with Crippen molar-refractivity contribution < 1.29 is 13.2 Å². The molecule has 0 bridgehead atoms. The van der Waals surface area contributed by atoms with E-state index in [-0.39, 0.29) is 0 Å². The summed E-state index contributed by atoms with van der Waals surface area (Å²) in [5, 5.41) is 0. The molecule has 1 atom stereocenters. The monoisotopic (exact) mass is 326 g/mol. The van der Waals surface area contributed by atoms with Gasteiger partial charge in [0.25, 0.3) is 0 Å². The number of hydrogen-bond acceptors (Lipinski definition) is 0. The van der Waals surface area contributed by atoms with E-state index < -0.39 is 30.2 Å². The lowest BCUT2D eigenvalue weighted by Crippen LogP contribution is -2.12. The Morgan fingerprint density at radius 2 is 1.40 bits per heavy atom. The molecule has 0 spiro atoms. The molecule has 0 radical (unpaired) electrons. The van der Waals surface area contributed by atoms with Crippen LogP contribution in [0.2, 0.25) is 38.3 Å². The fourth-order valence-electron chi connectivity index (χ4n) is 2.73. The van der Waals surface area contributed by atoms with Crippen molar-refractivity contribution >= 4 is 17.6 Å². The number of halogens is 3. The Morgan fingerprint density at radius 3 is 1.90 bits per heavy atom. The Balaban J connectivity index is 3.73. The van der Waals surface area contributed by atoms with Crippen LogP contribution in [0.4, 0.5) is 13.2 Å². The van der Waals surface area contributed by atoms with Gasteiger partial charge in [0.1, 0.15) is 0 Å². The summed E-state index contributed by atoms with van der Waals surface area (Å²) in [5.74, 6) is 0.860. The van der Waals surface area contributed by atoms with Gasteiger partial charge in [0.05, 0.1) is 0 Å². The molecule has 5 heteroatoms. The molecule has 0 amide bonds. The molecule has 0 saturated carbocycles. The van der Waals surface area contributed by atoms with Crippen LogP contribution in [-0.4, -0.2) is 23.8 Å². The fraction of sp³-hybridized carbons (Fsp3) is 1.00. The zero-order valence-electron chi connectivity index (χ0n) is 13.7. The van der Waals surface area contributed by atoms with Crippen LogP contribution in [0.5, 0.6) is 0 Å². The molecule has 0 saturated heterocycles. The van der Waals surface area contributed by atoms with Crippen LogP contribution in [0.1, 0.15) is 44.9 Å². The topological polar surface area (TPSA) is 0 Å². The largest absolute Gasteiger partial charge is 0.389 e. The zero-order chi connectivity index (χ0) is 15.6. The van der Waals surface area contributed by atoms with Gasteiger partial charge in [-0.2, -0.15) is 13.2 Å². The van der Waals surface area contributed by atoms with Crippen LogP contribution in [0, 0.1) is 5.92 Å². The molecule has 0 heterocycles. The van der Waals surface area contributed by atoms with Crippen LogP contribution < -0.4 is 0 Å². The molecule has 122 valence electrons. The lowest BCUT2D eigenvalue weighted by atomic mass is 9.99. The van der Waals surface area contributed by atoms with E-state index in [1.807, 2.05) is 0 Å². The van der Waals surface area contributed by atoms with Crippen molar-refractivity contribution in [3.63, 3.8) is 0 Å². The quantitative estimate of drug-likeness (QED) is 0.329. The Morgan fingerprint density at radius 1 is 0.800 bits per heavy atom. The van der Waals surface area contributed by atoms with Gasteiger partial charge in [-0.3, -0.25) is 0 Å². The van der Waals surface area contributed by atoms with E-state index in [0.29, 0.717) is 6.42 Å². The molecule has 20 heavy (non-hydrogen) atoms. The van der Waals surface area contributed by atoms with E-state index in [4.69, 9.17) is 0 Å². The highest BCUT2D eigenvalue weighted by Crippen LogP contribution is 2.25. The first-order chi connectivity index (χ1) is 9.20. The van der Waals surface area contributed by atoms with E-state index in [2.05, 4.69) is 26.2 Å². The predicted molar refractivity (Wildman–Crippen MR) is 89.2 cm³/mol. The first kappa shape index (κ1) is 20.2. The van der Waals surface area contributed by atoms with Crippen LogP contribution in [0.3, 0.4) is 0 Å². The molecule has 0 aromatic carbocycles. The SMILES string of the molecule is C[SiH](C)CCC(CCCCCCC(F)(F)F)C[SiH](C)C. The van der Waals surface area contributed by atoms with Crippen LogP contribution in [0.15, 0.2) is 0 Å². The van der Waals surface area contributed by atoms with Crippen molar-refractivity contribution in [2.45, 2.75) is 89.4 Å². The van der Waals surface area contributed by atoms with Gasteiger partial charge in [-0.05, 0) is 12.3 Å². The van der Waals surface area contributed by atoms with E-state index in [1.165, 1.54) is 24.9 Å². The normalized spacial score (nSPS) is 14.2. The minimum absolute atomic E-state index is 0.312. The van der Waals surface area contributed by atoms with Gasteiger partial charge in [0.2, 0.25) is 0 Å². The summed E-state index contributed by atoms with van der Waals surface area (Å²) in [4.78, 5) is 0. The minimum Gasteiger partial charge on any atom is -0.171 e. The maximum Gasteiger partial charge on any atom is 0.389 e. The second-order valence-corrected chi connectivity index (χ2v) is 13.7. The zero-order valence-corrected chi connectivity index (χ0v) is 16.0. The highest BCUT2D eigenvalue weighted by molar-refractivity contribution is 6.56. The van der Waals surface area contributed by atoms with Gasteiger partial charge < -0.3 is 0 Å². The fourth-order valence-corrected chi connectivity index (χ4v) is 5.67. The Kier molecular flexibility index (Phi) is 11.0. The van der Waals surface area contributed by atoms with Gasteiger partial charge >= 0.3 is 6.18 Å². The van der Waals surface area contributed by atoms with Crippen LogP contribution >= 0.6 is 0 Å². The maximum absolute atomic E-state index is 12.0. The van der Waals surface area contributed by atoms with Crippen molar-refractivity contribution in [1.29, 1.82) is 0 Å². The Hall–Kier alpha value is 0.224. The third-order valence-corrected chi connectivity index (χ3v) is 6.88. The van der Waals surface area contributed by atoms with Gasteiger partial charge in [-0.25, -0.2) is 0 Å². The van der Waals surface area contributed by atoms with E-state index in [0.717, 1.165) is 25.2 Å². The van der Waals surface area contributed by atoms with Crippen molar-refractivity contribution in [3.05, 3.63) is 0 Å². The summed E-state index contributed by atoms with van der Waals surface area (Å²) < 4.78 is 36.1. The van der Waals surface area contributed by atoms with Crippen molar-refractivity contribution in [3.8, 4) is 0 Å². The molecule has 1 unspecified atom stereocenters. The van der Waals surface area contributed by atoms with E-state index in [1.54, 1.807) is 0 Å². The minimum atomic E-state index is -3.96. The highest BCUT2D eigenvalue weighted by atomic mass is 28.3. The lowest BCUT2D eigenvalue weighted by Gasteiger charge is -2.19. The average molecular weight is 327 g/mol. The van der Waals surface area contributed by atoms with Crippen molar-refractivity contribution in [2.75, 3.05) is 0 Å². The molecule has 0 N–H and O–H groups in total. The summed E-state index contributed by atoms with van der Waals surface area (Å²) >= 11 is 0. The maximum atomic E-state index is 12.0. The molecule has 0 nitrogen and oxygen atoms in total. The summed E-state index contributed by atoms with van der Waals surface area (Å²) in [7, 11) is -0.965. The second kappa shape index (κ2) is 10.9. The Bertz CT molecular complexity index is 228. The summed E-state index contributed by atoms with van der Waals surface area (Å²) in [6, 6.07) is 2.85. The molecule has 0 fully saturated rings. The number of unbranched alkanes of at least 4 members (excludes halogenated alkanes) is 3. The van der Waals surface area contributed by atoms with Gasteiger partial charge in [0, 0.05) is 24.0 Å². The third-order valence-electron chi connectivity index (χ3n) is 3.78. The highest BCUT2D eigenvalue weighted by Gasteiger charge is 2.25. The van der Waals surface area contributed by atoms with Crippen molar-refractivity contribution in [1.82, 2.24) is 0 Å². The summed E-state index contributed by atoms with van der Waals surface area (Å²) in [5.41, 5.74) is 0. The van der Waals surface area contributed by atoms with Gasteiger partial charge in [-0.1, -0.05) is 70.4 Å². The third kappa shape index (κ3) is 14.6. The molecule has 0 aromatic heterocycles. The first-order valence-electron chi connectivity index (χ1n) is 8.27. The lowest BCUT2D eigenvalue weighted by molar-refractivity contribution is -0.135. The smallest absolute Gasteiger partial charge is 0.171 e. The number of hydrogen-bond donors (Lipinski definition) is 0. The Labute approximate surface area is 126 Å². The van der Waals surface area contributed by atoms with Gasteiger partial charge in [-0.15, -0.1) is 0 Å². The molecule has 0 aliphatic carbocycles. The number of rotatable bonds is 11. The molecule has 0 aliphatic rings. The molecule has 0 rings (SSSR count). The summed E-state index contributed by atoms with van der Waals surface area (Å²) in [6.45, 7) is 9.62. The van der Waals surface area contributed by atoms with Crippen LogP contribution in [-0.2, 0) is 0 Å². The van der Waals surface area contributed by atoms with Gasteiger partial charge in [0.15, 0.2) is 0 Å². The molecule has 0 aliphatic heterocycles. The predicted octanol–water partition coefficient (Wildman–Crippen LogP) is 5.87. The standard InChI is InChI=1S/C15H33F3Si2/c1-19(2)12-10-14(13-20(3)4)9-7-5-6-8-11-15(16,17)18/h14,19-20H,5-13H2,1-4H3. The second-order valence-electron chi connectivity index (χ2n) is 7.03. The molecular formula is C15H33F3Si2. The molecule has 0 aromatic rings. The summed E-state index contributed by atoms with van der Waals surface area (Å²) in [6.07, 6.45) is 1.21. The van der Waals surface area contributed by atoms with E-state index >= 15 is 0 Å². The first-order valence-corrected chi connectivity index (χ1v) is 14.5.